The fourth-order valence-corrected chi connectivity index (χ4v) is 3.80. The Hall–Kier alpha value is -3.72. The topological polar surface area (TPSA) is 112 Å². The van der Waals surface area contributed by atoms with Crippen molar-refractivity contribution in [1.29, 1.82) is 0 Å². The van der Waals surface area contributed by atoms with Crippen molar-refractivity contribution in [3.63, 3.8) is 0 Å². The summed E-state index contributed by atoms with van der Waals surface area (Å²) in [5, 5.41) is 16.8. The molecule has 1 aliphatic heterocycles. The molecule has 4 aromatic rings. The van der Waals surface area contributed by atoms with Gasteiger partial charge < -0.3 is 16.0 Å². The highest BCUT2D eigenvalue weighted by molar-refractivity contribution is 5.95. The van der Waals surface area contributed by atoms with E-state index in [0.29, 0.717) is 29.8 Å². The van der Waals surface area contributed by atoms with E-state index in [2.05, 4.69) is 31.1 Å². The fraction of sp³-hybridized carbons (Fsp3) is 0.273. The van der Waals surface area contributed by atoms with Gasteiger partial charge in [0.15, 0.2) is 5.82 Å². The van der Waals surface area contributed by atoms with E-state index in [4.69, 9.17) is 4.98 Å². The summed E-state index contributed by atoms with van der Waals surface area (Å²) in [6.45, 7) is 4.60. The lowest BCUT2D eigenvalue weighted by atomic mass is 10.1. The van der Waals surface area contributed by atoms with E-state index in [1.807, 2.05) is 53.9 Å². The number of benzene rings is 1. The van der Waals surface area contributed by atoms with E-state index in [0.717, 1.165) is 42.1 Å². The Balaban J connectivity index is 1.42. The molecule has 9 nitrogen and oxygen atoms in total. The van der Waals surface area contributed by atoms with Crippen LogP contribution in [0.4, 0.5) is 11.8 Å². The molecular formula is C22H24N8O. The molecule has 1 saturated heterocycles. The maximum absolute atomic E-state index is 12.7. The molecule has 0 saturated carbocycles. The summed E-state index contributed by atoms with van der Waals surface area (Å²) in [7, 11) is 0. The van der Waals surface area contributed by atoms with Crippen molar-refractivity contribution in [3.05, 3.63) is 60.0 Å². The van der Waals surface area contributed by atoms with Gasteiger partial charge in [-0.25, -0.2) is 9.97 Å². The van der Waals surface area contributed by atoms with E-state index in [1.165, 1.54) is 0 Å². The van der Waals surface area contributed by atoms with Gasteiger partial charge in [0.1, 0.15) is 5.65 Å². The molecule has 4 heterocycles. The second-order valence-corrected chi connectivity index (χ2v) is 7.83. The summed E-state index contributed by atoms with van der Waals surface area (Å²) in [5.74, 6) is 1.70. The third-order valence-corrected chi connectivity index (χ3v) is 5.47. The number of aromatic nitrogens is 5. The van der Waals surface area contributed by atoms with Crippen LogP contribution in [-0.4, -0.2) is 50.1 Å². The van der Waals surface area contributed by atoms with Gasteiger partial charge in [0.25, 0.3) is 5.91 Å². The lowest BCUT2D eigenvalue weighted by Crippen LogP contribution is -2.30. The number of nitrogens with one attached hydrogen (secondary N) is 4. The molecule has 0 radical (unpaired) electrons. The van der Waals surface area contributed by atoms with Gasteiger partial charge >= 0.3 is 0 Å². The largest absolute Gasteiger partial charge is 0.352 e. The molecule has 0 bridgehead atoms. The highest BCUT2D eigenvalue weighted by Gasteiger charge is 2.16. The maximum Gasteiger partial charge on any atom is 0.251 e. The van der Waals surface area contributed by atoms with Crippen LogP contribution in [-0.2, 0) is 0 Å². The van der Waals surface area contributed by atoms with Gasteiger partial charge in [-0.2, -0.15) is 5.10 Å². The van der Waals surface area contributed by atoms with Crippen molar-refractivity contribution < 1.29 is 4.79 Å². The van der Waals surface area contributed by atoms with Crippen molar-refractivity contribution in [2.75, 3.05) is 25.0 Å². The van der Waals surface area contributed by atoms with Gasteiger partial charge in [-0.3, -0.25) is 14.3 Å². The summed E-state index contributed by atoms with van der Waals surface area (Å²) in [6.07, 6.45) is 4.67. The quantitative estimate of drug-likeness (QED) is 0.384. The number of hydrogen-bond donors (Lipinski definition) is 4. The van der Waals surface area contributed by atoms with Gasteiger partial charge in [0.05, 0.1) is 5.69 Å². The molecule has 1 unspecified atom stereocenters. The standard InChI is InChI=1S/C22H24N8O/c1-14-9-19(29-28-14)27-22-26-18(11-20-24-7-8-30(20)22)16-3-2-4-17(10-16)21(31)25-13-15-5-6-23-12-15/h2-4,7-11,15,23H,5-6,12-13H2,1H3,(H,25,31)(H2,26,27,28,29). The Morgan fingerprint density at radius 3 is 3.03 bits per heavy atom. The van der Waals surface area contributed by atoms with Crippen LogP contribution in [0.1, 0.15) is 22.5 Å². The zero-order chi connectivity index (χ0) is 21.2. The molecule has 9 heteroatoms. The van der Waals surface area contributed by atoms with Gasteiger partial charge in [-0.1, -0.05) is 12.1 Å². The van der Waals surface area contributed by atoms with E-state index in [-0.39, 0.29) is 5.91 Å². The number of imidazole rings is 1. The van der Waals surface area contributed by atoms with Crippen LogP contribution in [0.15, 0.2) is 48.8 Å². The minimum absolute atomic E-state index is 0.0685. The summed E-state index contributed by atoms with van der Waals surface area (Å²) in [4.78, 5) is 21.9. The molecule has 0 spiro atoms. The molecule has 31 heavy (non-hydrogen) atoms. The van der Waals surface area contributed by atoms with Crippen LogP contribution in [0.5, 0.6) is 0 Å². The fourth-order valence-electron chi connectivity index (χ4n) is 3.80. The molecule has 0 aliphatic carbocycles. The first kappa shape index (κ1) is 19.3. The molecule has 1 atom stereocenters. The van der Waals surface area contributed by atoms with E-state index >= 15 is 0 Å². The lowest BCUT2D eigenvalue weighted by molar-refractivity contribution is 0.0948. The molecule has 1 fully saturated rings. The highest BCUT2D eigenvalue weighted by Crippen LogP contribution is 2.24. The smallest absolute Gasteiger partial charge is 0.251 e. The number of nitrogens with zero attached hydrogens (tertiary/aromatic N) is 4. The van der Waals surface area contributed by atoms with E-state index in [9.17, 15) is 4.79 Å². The summed E-state index contributed by atoms with van der Waals surface area (Å²) >= 11 is 0. The van der Waals surface area contributed by atoms with Crippen molar-refractivity contribution in [2.45, 2.75) is 13.3 Å². The Morgan fingerprint density at radius 2 is 2.23 bits per heavy atom. The van der Waals surface area contributed by atoms with Gasteiger partial charge in [-0.05, 0) is 44.5 Å². The number of hydrogen-bond acceptors (Lipinski definition) is 6. The zero-order valence-electron chi connectivity index (χ0n) is 17.2. The number of rotatable bonds is 6. The lowest BCUT2D eigenvalue weighted by Gasteiger charge is -2.12. The Bertz CT molecular complexity index is 1220. The normalized spacial score (nSPS) is 16.0. The third-order valence-electron chi connectivity index (χ3n) is 5.47. The molecule has 1 aliphatic rings. The predicted octanol–water partition coefficient (Wildman–Crippen LogP) is 2.51. The molecule has 158 valence electrons. The summed E-state index contributed by atoms with van der Waals surface area (Å²) in [6, 6.07) is 11.3. The number of anilines is 2. The van der Waals surface area contributed by atoms with Crippen molar-refractivity contribution >= 4 is 23.3 Å². The Kier molecular flexibility index (Phi) is 5.09. The van der Waals surface area contributed by atoms with Gasteiger partial charge in [0, 0.05) is 47.9 Å². The zero-order valence-corrected chi connectivity index (χ0v) is 17.2. The monoisotopic (exact) mass is 416 g/mol. The minimum atomic E-state index is -0.0685. The summed E-state index contributed by atoms with van der Waals surface area (Å²) < 4.78 is 1.86. The third kappa shape index (κ3) is 4.13. The van der Waals surface area contributed by atoms with Crippen molar-refractivity contribution in [3.8, 4) is 11.3 Å². The second kappa shape index (κ2) is 8.19. The van der Waals surface area contributed by atoms with Gasteiger partial charge in [0.2, 0.25) is 5.95 Å². The van der Waals surface area contributed by atoms with Crippen LogP contribution in [0.2, 0.25) is 0 Å². The van der Waals surface area contributed by atoms with Crippen LogP contribution in [0.25, 0.3) is 16.9 Å². The molecule has 5 rings (SSSR count). The second-order valence-electron chi connectivity index (χ2n) is 7.83. The highest BCUT2D eigenvalue weighted by atomic mass is 16.1. The average molecular weight is 416 g/mol. The first-order valence-corrected chi connectivity index (χ1v) is 10.4. The van der Waals surface area contributed by atoms with Crippen LogP contribution < -0.4 is 16.0 Å². The number of fused-ring (bicyclic) bond motifs is 1. The first-order chi connectivity index (χ1) is 15.2. The van der Waals surface area contributed by atoms with E-state index < -0.39 is 0 Å². The Morgan fingerprint density at radius 1 is 1.29 bits per heavy atom. The van der Waals surface area contributed by atoms with Crippen molar-refractivity contribution in [2.24, 2.45) is 5.92 Å². The Labute approximate surface area is 179 Å². The first-order valence-electron chi connectivity index (χ1n) is 10.4. The van der Waals surface area contributed by atoms with Crippen molar-refractivity contribution in [1.82, 2.24) is 35.2 Å². The van der Waals surface area contributed by atoms with Crippen LogP contribution >= 0.6 is 0 Å². The number of aryl methyl sites for hydroxylation is 1. The minimum Gasteiger partial charge on any atom is -0.352 e. The van der Waals surface area contributed by atoms with Gasteiger partial charge in [-0.15, -0.1) is 0 Å². The number of H-pyrrole nitrogens is 1. The molecule has 3 aromatic heterocycles. The number of carbonyl (C=O) groups excluding carboxylic acids is 1. The number of aromatic amines is 1. The average Bonchev–Trinajstić information content (AvgIpc) is 3.54. The molecule has 4 N–H and O–H groups in total. The number of amides is 1. The van der Waals surface area contributed by atoms with Crippen LogP contribution in [0, 0.1) is 12.8 Å². The SMILES string of the molecule is Cc1cc(Nc2nc(-c3cccc(C(=O)NCC4CCNC4)c3)cc3nccn23)n[nH]1. The maximum atomic E-state index is 12.7. The van der Waals surface area contributed by atoms with Crippen LogP contribution in [0.3, 0.4) is 0 Å². The molecule has 1 amide bonds. The molecular weight excluding hydrogens is 392 g/mol. The summed E-state index contributed by atoms with van der Waals surface area (Å²) in [5.41, 5.74) is 3.90. The van der Waals surface area contributed by atoms with E-state index in [1.54, 1.807) is 6.20 Å². The predicted molar refractivity (Wildman–Crippen MR) is 118 cm³/mol. The number of carbonyl (C=O) groups is 1. The molecule has 1 aromatic carbocycles.